The number of hydrogen-bond donors (Lipinski definition) is 0. The van der Waals surface area contributed by atoms with Crippen LogP contribution in [0.1, 0.15) is 19.0 Å². The highest BCUT2D eigenvalue weighted by Crippen LogP contribution is 2.30. The van der Waals surface area contributed by atoms with Gasteiger partial charge >= 0.3 is 0 Å². The Morgan fingerprint density at radius 2 is 1.93 bits per heavy atom. The number of fused-ring (bicyclic) bond motifs is 3. The molecule has 0 radical (unpaired) electrons. The highest BCUT2D eigenvalue weighted by molar-refractivity contribution is 5.78. The Labute approximate surface area is 154 Å². The van der Waals surface area contributed by atoms with Crippen molar-refractivity contribution in [3.63, 3.8) is 0 Å². The second-order valence-electron chi connectivity index (χ2n) is 6.07. The molecule has 3 aromatic heterocycles. The predicted octanol–water partition coefficient (Wildman–Crippen LogP) is 3.58. The maximum atomic E-state index is 14.7. The van der Waals surface area contributed by atoms with Crippen LogP contribution in [0.25, 0.3) is 28.2 Å². The molecular weight excluding hydrogens is 349 g/mol. The maximum Gasteiger partial charge on any atom is 0.215 e. The van der Waals surface area contributed by atoms with Gasteiger partial charge < -0.3 is 9.47 Å². The quantitative estimate of drug-likeness (QED) is 0.537. The molecule has 0 unspecified atom stereocenters. The van der Waals surface area contributed by atoms with Crippen molar-refractivity contribution in [2.24, 2.45) is 0 Å². The minimum atomic E-state index is -0.404. The molecule has 27 heavy (non-hydrogen) atoms. The van der Waals surface area contributed by atoms with Crippen LogP contribution in [0.5, 0.6) is 11.6 Å². The van der Waals surface area contributed by atoms with Crippen LogP contribution in [0.2, 0.25) is 0 Å². The minimum Gasteiger partial charge on any atom is -0.494 e. The average molecular weight is 367 g/mol. The zero-order valence-corrected chi connectivity index (χ0v) is 15.2. The number of aryl methyl sites for hydroxylation is 1. The average Bonchev–Trinajstić information content (AvgIpc) is 3.03. The van der Waals surface area contributed by atoms with E-state index in [2.05, 4.69) is 20.2 Å². The molecule has 1 aromatic carbocycles. The van der Waals surface area contributed by atoms with E-state index in [4.69, 9.17) is 9.47 Å². The number of ether oxygens (including phenoxy) is 2. The lowest BCUT2D eigenvalue weighted by atomic mass is 10.2. The third-order valence-corrected chi connectivity index (χ3v) is 4.17. The maximum absolute atomic E-state index is 14.7. The van der Waals surface area contributed by atoms with Crippen LogP contribution in [0.3, 0.4) is 0 Å². The van der Waals surface area contributed by atoms with Gasteiger partial charge in [0, 0.05) is 6.07 Å². The fourth-order valence-corrected chi connectivity index (χ4v) is 2.89. The number of halogens is 1. The third-order valence-electron chi connectivity index (χ3n) is 4.17. The summed E-state index contributed by atoms with van der Waals surface area (Å²) in [6, 6.07) is 8.08. The molecule has 8 heteroatoms. The normalized spacial score (nSPS) is 11.3. The minimum absolute atomic E-state index is 0.311. The number of methoxy groups -OCH3 is 1. The first-order chi connectivity index (χ1) is 13.1. The molecule has 0 saturated carbocycles. The summed E-state index contributed by atoms with van der Waals surface area (Å²) >= 11 is 0. The molecule has 0 aliphatic heterocycles. The number of hydrogen-bond acceptors (Lipinski definition) is 6. The lowest BCUT2D eigenvalue weighted by molar-refractivity contribution is 0.317. The van der Waals surface area contributed by atoms with Gasteiger partial charge in [0.05, 0.1) is 25.0 Å². The molecule has 7 nitrogen and oxygen atoms in total. The first-order valence-electron chi connectivity index (χ1n) is 8.61. The molecule has 138 valence electrons. The lowest BCUT2D eigenvalue weighted by Crippen LogP contribution is -2.02. The van der Waals surface area contributed by atoms with E-state index in [0.29, 0.717) is 52.1 Å². The van der Waals surface area contributed by atoms with E-state index in [1.165, 1.54) is 13.2 Å². The van der Waals surface area contributed by atoms with Crippen molar-refractivity contribution in [2.75, 3.05) is 13.7 Å². The van der Waals surface area contributed by atoms with Crippen LogP contribution < -0.4 is 9.47 Å². The third kappa shape index (κ3) is 2.92. The van der Waals surface area contributed by atoms with Crippen LogP contribution in [-0.4, -0.2) is 38.3 Å². The molecule has 3 heterocycles. The number of benzene rings is 1. The van der Waals surface area contributed by atoms with E-state index >= 15 is 0 Å². The molecule has 0 bridgehead atoms. The molecule has 4 aromatic rings. The number of imidazole rings is 1. The summed E-state index contributed by atoms with van der Waals surface area (Å²) in [6.07, 6.45) is 0.863. The Morgan fingerprint density at radius 3 is 2.70 bits per heavy atom. The molecule has 0 N–H and O–H groups in total. The Hall–Kier alpha value is -3.29. The van der Waals surface area contributed by atoms with Crippen molar-refractivity contribution >= 4 is 16.8 Å². The summed E-state index contributed by atoms with van der Waals surface area (Å²) in [7, 11) is 1.54. The highest BCUT2D eigenvalue weighted by Gasteiger charge is 2.19. The van der Waals surface area contributed by atoms with Gasteiger partial charge in [-0.15, -0.1) is 10.2 Å². The molecule has 0 aliphatic carbocycles. The van der Waals surface area contributed by atoms with Crippen molar-refractivity contribution in [1.82, 2.24) is 24.6 Å². The van der Waals surface area contributed by atoms with Crippen LogP contribution in [-0.2, 0) is 0 Å². The Bertz CT molecular complexity index is 1140. The Kier molecular flexibility index (Phi) is 4.31. The van der Waals surface area contributed by atoms with Gasteiger partial charge in [-0.3, -0.25) is 4.40 Å². The van der Waals surface area contributed by atoms with Gasteiger partial charge in [0.1, 0.15) is 17.1 Å². The number of aromatic nitrogens is 5. The number of pyridine rings is 1. The van der Waals surface area contributed by atoms with Gasteiger partial charge in [0.2, 0.25) is 5.88 Å². The molecule has 0 aliphatic rings. The second kappa shape index (κ2) is 6.79. The summed E-state index contributed by atoms with van der Waals surface area (Å²) in [5.41, 5.74) is 2.50. The van der Waals surface area contributed by atoms with Crippen LogP contribution in [0, 0.1) is 12.7 Å². The van der Waals surface area contributed by atoms with E-state index in [1.54, 1.807) is 35.6 Å². The Balaban J connectivity index is 2.01. The van der Waals surface area contributed by atoms with E-state index in [9.17, 15) is 4.39 Å². The van der Waals surface area contributed by atoms with Crippen LogP contribution in [0.15, 0.2) is 30.3 Å². The highest BCUT2D eigenvalue weighted by atomic mass is 19.1. The summed E-state index contributed by atoms with van der Waals surface area (Å²) in [5, 5.41) is 8.41. The largest absolute Gasteiger partial charge is 0.494 e. The molecule has 0 saturated heterocycles. The van der Waals surface area contributed by atoms with Crippen LogP contribution in [0.4, 0.5) is 4.39 Å². The second-order valence-corrected chi connectivity index (χ2v) is 6.07. The molecule has 4 rings (SSSR count). The van der Waals surface area contributed by atoms with Crippen molar-refractivity contribution in [3.05, 3.63) is 41.8 Å². The first-order valence-corrected chi connectivity index (χ1v) is 8.61. The first kappa shape index (κ1) is 17.1. The fourth-order valence-electron chi connectivity index (χ4n) is 2.89. The summed E-state index contributed by atoms with van der Waals surface area (Å²) in [4.78, 5) is 9.00. The van der Waals surface area contributed by atoms with Gasteiger partial charge in [0.25, 0.3) is 0 Å². The van der Waals surface area contributed by atoms with E-state index in [1.807, 2.05) is 6.92 Å². The van der Waals surface area contributed by atoms with Gasteiger partial charge in [-0.25, -0.2) is 9.37 Å². The Morgan fingerprint density at radius 1 is 1.07 bits per heavy atom. The van der Waals surface area contributed by atoms with E-state index < -0.39 is 5.82 Å². The molecule has 0 spiro atoms. The fraction of sp³-hybridized carbons (Fsp3) is 0.263. The van der Waals surface area contributed by atoms with Crippen molar-refractivity contribution in [2.45, 2.75) is 20.3 Å². The van der Waals surface area contributed by atoms with Gasteiger partial charge in [-0.05, 0) is 37.6 Å². The zero-order chi connectivity index (χ0) is 19.0. The van der Waals surface area contributed by atoms with Crippen molar-refractivity contribution < 1.29 is 13.9 Å². The monoisotopic (exact) mass is 367 g/mol. The topological polar surface area (TPSA) is 74.4 Å². The standard InChI is InChI=1S/C19H18FN5O2/c1-4-9-27-12-5-6-14(20)13(10-12)18-21-11(2)17-24-23-15-7-8-16(26-3)22-19(15)25(17)18/h5-8,10H,4,9H2,1-3H3. The van der Waals surface area contributed by atoms with Crippen molar-refractivity contribution in [1.29, 1.82) is 0 Å². The van der Waals surface area contributed by atoms with Gasteiger partial charge in [-0.2, -0.15) is 4.98 Å². The van der Waals surface area contributed by atoms with Gasteiger partial charge in [-0.1, -0.05) is 6.92 Å². The van der Waals surface area contributed by atoms with Gasteiger partial charge in [0.15, 0.2) is 17.1 Å². The summed E-state index contributed by atoms with van der Waals surface area (Å²) < 4.78 is 27.2. The van der Waals surface area contributed by atoms with Crippen molar-refractivity contribution in [3.8, 4) is 23.0 Å². The van der Waals surface area contributed by atoms with E-state index in [-0.39, 0.29) is 0 Å². The SMILES string of the molecule is CCCOc1ccc(F)c(-c2nc(C)c3nnc4ccc(OC)nc4n23)c1. The predicted molar refractivity (Wildman–Crippen MR) is 98.6 cm³/mol. The summed E-state index contributed by atoms with van der Waals surface area (Å²) in [5.74, 6) is 0.996. The van der Waals surface area contributed by atoms with Crippen LogP contribution >= 0.6 is 0 Å². The zero-order valence-electron chi connectivity index (χ0n) is 15.2. The smallest absolute Gasteiger partial charge is 0.215 e. The molecule has 0 atom stereocenters. The molecule has 0 amide bonds. The molecular formula is C19H18FN5O2. The summed E-state index contributed by atoms with van der Waals surface area (Å²) in [6.45, 7) is 4.37. The molecule has 0 fully saturated rings. The number of rotatable bonds is 5. The lowest BCUT2D eigenvalue weighted by Gasteiger charge is -2.09. The number of nitrogens with zero attached hydrogens (tertiary/aromatic N) is 5. The van der Waals surface area contributed by atoms with E-state index in [0.717, 1.165) is 6.42 Å².